The topological polar surface area (TPSA) is 70.7 Å². The number of aromatic amines is 1. The van der Waals surface area contributed by atoms with E-state index < -0.39 is 0 Å². The minimum atomic E-state index is -0.210. The third kappa shape index (κ3) is 3.90. The fourth-order valence-electron chi connectivity index (χ4n) is 2.95. The van der Waals surface area contributed by atoms with Crippen LogP contribution in [-0.2, 0) is 17.6 Å². The molecule has 1 aromatic carbocycles. The summed E-state index contributed by atoms with van der Waals surface area (Å²) < 4.78 is 0. The van der Waals surface area contributed by atoms with Gasteiger partial charge in [-0.3, -0.25) is 9.78 Å². The molecule has 0 aliphatic carbocycles. The molecule has 1 amide bonds. The highest BCUT2D eigenvalue weighted by Gasteiger charge is 2.21. The number of carbonyl (C=O) groups is 1. The highest BCUT2D eigenvalue weighted by atomic mass is 32.2. The zero-order valence-corrected chi connectivity index (χ0v) is 16.2. The van der Waals surface area contributed by atoms with Crippen LogP contribution in [0.1, 0.15) is 38.3 Å². The van der Waals surface area contributed by atoms with Crippen LogP contribution < -0.4 is 5.32 Å². The van der Waals surface area contributed by atoms with Gasteiger partial charge in [-0.25, -0.2) is 4.98 Å². The van der Waals surface area contributed by atoms with E-state index in [1.807, 2.05) is 13.0 Å². The van der Waals surface area contributed by atoms with Crippen LogP contribution >= 0.6 is 11.8 Å². The maximum atomic E-state index is 12.9. The molecule has 6 heteroatoms. The molecule has 2 aromatic heterocycles. The van der Waals surface area contributed by atoms with Crippen LogP contribution in [-0.4, -0.2) is 26.1 Å². The number of thioether (sulfide) groups is 1. The molecule has 0 unspecified atom stereocenters. The lowest BCUT2D eigenvalue weighted by molar-refractivity contribution is -0.115. The zero-order valence-electron chi connectivity index (χ0n) is 15.4. The van der Waals surface area contributed by atoms with E-state index in [4.69, 9.17) is 0 Å². The van der Waals surface area contributed by atoms with Gasteiger partial charge in [0.15, 0.2) is 5.16 Å². The molecule has 0 fully saturated rings. The zero-order chi connectivity index (χ0) is 18.5. The predicted molar refractivity (Wildman–Crippen MR) is 108 cm³/mol. The van der Waals surface area contributed by atoms with Crippen molar-refractivity contribution in [2.45, 2.75) is 50.4 Å². The number of fused-ring (bicyclic) bond motifs is 1. The number of aryl methyl sites for hydroxylation is 2. The molecule has 2 N–H and O–H groups in total. The van der Waals surface area contributed by atoms with Gasteiger partial charge in [0, 0.05) is 11.9 Å². The van der Waals surface area contributed by atoms with Crippen LogP contribution in [0.15, 0.2) is 41.8 Å². The minimum absolute atomic E-state index is 0.0201. The third-order valence-electron chi connectivity index (χ3n) is 4.43. The van der Waals surface area contributed by atoms with Crippen LogP contribution in [0.3, 0.4) is 0 Å². The first-order valence-electron chi connectivity index (χ1n) is 9.04. The number of carbonyl (C=O) groups excluding carboxylic acids is 1. The van der Waals surface area contributed by atoms with Gasteiger partial charge in [-0.1, -0.05) is 50.7 Å². The van der Waals surface area contributed by atoms with E-state index in [2.05, 4.69) is 52.3 Å². The molecule has 0 radical (unpaired) electrons. The molecule has 0 bridgehead atoms. The Hall–Kier alpha value is -2.34. The maximum absolute atomic E-state index is 12.9. The molecule has 0 saturated heterocycles. The van der Waals surface area contributed by atoms with Gasteiger partial charge < -0.3 is 10.3 Å². The second-order valence-electron chi connectivity index (χ2n) is 6.10. The van der Waals surface area contributed by atoms with Gasteiger partial charge in [0.05, 0.1) is 22.5 Å². The Balaban J connectivity index is 1.79. The lowest BCUT2D eigenvalue weighted by Crippen LogP contribution is -2.26. The van der Waals surface area contributed by atoms with Crippen molar-refractivity contribution in [3.63, 3.8) is 0 Å². The molecule has 3 aromatic rings. The van der Waals surface area contributed by atoms with Gasteiger partial charge in [-0.05, 0) is 36.5 Å². The van der Waals surface area contributed by atoms with Gasteiger partial charge in [0.25, 0.3) is 0 Å². The fourth-order valence-corrected chi connectivity index (χ4v) is 3.88. The molecule has 0 spiro atoms. The summed E-state index contributed by atoms with van der Waals surface area (Å²) in [4.78, 5) is 24.8. The number of para-hydroxylation sites is 1. The number of benzene rings is 1. The van der Waals surface area contributed by atoms with Crippen molar-refractivity contribution in [3.8, 4) is 0 Å². The Labute approximate surface area is 158 Å². The summed E-state index contributed by atoms with van der Waals surface area (Å²) in [6.45, 7) is 6.24. The Morgan fingerprint density at radius 1 is 1.19 bits per heavy atom. The number of hydrogen-bond donors (Lipinski definition) is 2. The predicted octanol–water partition coefficient (Wildman–Crippen LogP) is 4.59. The van der Waals surface area contributed by atoms with Crippen molar-refractivity contribution in [1.82, 2.24) is 15.0 Å². The van der Waals surface area contributed by atoms with Crippen molar-refractivity contribution in [2.75, 3.05) is 5.32 Å². The van der Waals surface area contributed by atoms with Gasteiger partial charge in [-0.15, -0.1) is 0 Å². The lowest BCUT2D eigenvalue weighted by Gasteiger charge is -2.18. The van der Waals surface area contributed by atoms with E-state index in [1.54, 1.807) is 12.4 Å². The van der Waals surface area contributed by atoms with Crippen molar-refractivity contribution in [3.05, 3.63) is 47.8 Å². The lowest BCUT2D eigenvalue weighted by atomic mass is 10.0. The summed E-state index contributed by atoms with van der Waals surface area (Å²) in [6, 6.07) is 8.08. The first kappa shape index (κ1) is 18.5. The number of H-pyrrole nitrogens is 1. The summed E-state index contributed by atoms with van der Waals surface area (Å²) in [5.74, 6) is 0.0201. The molecule has 136 valence electrons. The van der Waals surface area contributed by atoms with E-state index in [-0.39, 0.29) is 11.2 Å². The van der Waals surface area contributed by atoms with E-state index in [0.717, 1.165) is 41.1 Å². The molecule has 0 aliphatic heterocycles. The van der Waals surface area contributed by atoms with Crippen LogP contribution in [0.5, 0.6) is 0 Å². The maximum Gasteiger partial charge on any atom is 0.237 e. The molecular formula is C20H24N4OS. The third-order valence-corrected chi connectivity index (χ3v) is 5.67. The fraction of sp³-hybridized carbons (Fsp3) is 0.350. The van der Waals surface area contributed by atoms with Gasteiger partial charge in [0.1, 0.15) is 0 Å². The van der Waals surface area contributed by atoms with Crippen molar-refractivity contribution in [1.29, 1.82) is 0 Å². The van der Waals surface area contributed by atoms with Gasteiger partial charge in [0.2, 0.25) is 5.91 Å². The monoisotopic (exact) mass is 368 g/mol. The van der Waals surface area contributed by atoms with Crippen LogP contribution in [0.25, 0.3) is 11.0 Å². The number of hydrogen-bond acceptors (Lipinski definition) is 4. The number of amides is 1. The molecule has 0 aliphatic rings. The van der Waals surface area contributed by atoms with Gasteiger partial charge in [-0.2, -0.15) is 0 Å². The first-order chi connectivity index (χ1) is 12.7. The molecule has 1 atom stereocenters. The largest absolute Gasteiger partial charge is 0.332 e. The van der Waals surface area contributed by atoms with E-state index in [0.29, 0.717) is 0 Å². The first-order valence-corrected chi connectivity index (χ1v) is 9.92. The van der Waals surface area contributed by atoms with Crippen LogP contribution in [0.2, 0.25) is 0 Å². The average Bonchev–Trinajstić information content (AvgIpc) is 3.08. The standard InChI is InChI=1S/C20H24N4OS/c1-4-13-8-7-9-14(5-2)18(13)24-19(25)17(6-3)26-20-22-15-10-11-21-12-16(15)23-20/h7-12,17H,4-6H2,1-3H3,(H,22,23)(H,24,25)/t17-/m0/s1. The van der Waals surface area contributed by atoms with E-state index in [1.165, 1.54) is 22.9 Å². The summed E-state index contributed by atoms with van der Waals surface area (Å²) in [5, 5.41) is 3.71. The highest BCUT2D eigenvalue weighted by Crippen LogP contribution is 2.28. The number of imidazole rings is 1. The molecule has 2 heterocycles. The Morgan fingerprint density at radius 3 is 2.54 bits per heavy atom. The summed E-state index contributed by atoms with van der Waals surface area (Å²) >= 11 is 1.46. The molecule has 26 heavy (non-hydrogen) atoms. The van der Waals surface area contributed by atoms with Crippen molar-refractivity contribution in [2.24, 2.45) is 0 Å². The molecular weight excluding hydrogens is 344 g/mol. The smallest absolute Gasteiger partial charge is 0.237 e. The SMILES string of the molecule is CCc1cccc(CC)c1NC(=O)[C@H](CC)Sc1nc2ccncc2[nH]1. The number of anilines is 1. The molecule has 3 rings (SSSR count). The number of rotatable bonds is 7. The van der Waals surface area contributed by atoms with Crippen LogP contribution in [0, 0.1) is 0 Å². The summed E-state index contributed by atoms with van der Waals surface area (Å²) in [6.07, 6.45) is 5.98. The molecule has 0 saturated carbocycles. The second-order valence-corrected chi connectivity index (χ2v) is 7.29. The minimum Gasteiger partial charge on any atom is -0.332 e. The Bertz CT molecular complexity index is 850. The summed E-state index contributed by atoms with van der Waals surface area (Å²) in [7, 11) is 0. The Kier molecular flexibility index (Phi) is 5.93. The number of aromatic nitrogens is 3. The average molecular weight is 369 g/mol. The van der Waals surface area contributed by atoms with Gasteiger partial charge >= 0.3 is 0 Å². The molecule has 5 nitrogen and oxygen atoms in total. The normalized spacial score (nSPS) is 12.3. The number of pyridine rings is 1. The second kappa shape index (κ2) is 8.36. The Morgan fingerprint density at radius 2 is 1.92 bits per heavy atom. The quantitative estimate of drug-likeness (QED) is 0.598. The van der Waals surface area contributed by atoms with Crippen molar-refractivity contribution < 1.29 is 4.79 Å². The highest BCUT2D eigenvalue weighted by molar-refractivity contribution is 8.00. The van der Waals surface area contributed by atoms with E-state index >= 15 is 0 Å². The summed E-state index contributed by atoms with van der Waals surface area (Å²) in [5.41, 5.74) is 5.06. The van der Waals surface area contributed by atoms with Crippen molar-refractivity contribution >= 4 is 34.4 Å². The number of nitrogens with one attached hydrogen (secondary N) is 2. The van der Waals surface area contributed by atoms with E-state index in [9.17, 15) is 4.79 Å². The van der Waals surface area contributed by atoms with Crippen LogP contribution in [0.4, 0.5) is 5.69 Å². The number of nitrogens with zero attached hydrogens (tertiary/aromatic N) is 2.